The maximum atomic E-state index is 13.8. The highest BCUT2D eigenvalue weighted by atomic mass is 19.4. The van der Waals surface area contributed by atoms with Crippen molar-refractivity contribution in [1.29, 1.82) is 0 Å². The van der Waals surface area contributed by atoms with Crippen LogP contribution in [0.15, 0.2) is 84.9 Å². The molecule has 3 saturated heterocycles. The second-order valence-electron chi connectivity index (χ2n) is 10.8. The first-order chi connectivity index (χ1) is 17.5. The molecule has 2 unspecified atom stereocenters. The van der Waals surface area contributed by atoms with Gasteiger partial charge in [0.25, 0.3) is 0 Å². The maximum Gasteiger partial charge on any atom is 0.416 e. The lowest BCUT2D eigenvalue weighted by atomic mass is 9.58. The number of piperidine rings is 3. The summed E-state index contributed by atoms with van der Waals surface area (Å²) in [5.41, 5.74) is 2.35. The van der Waals surface area contributed by atoms with Gasteiger partial charge >= 0.3 is 6.18 Å². The van der Waals surface area contributed by atoms with Crippen LogP contribution in [0, 0.1) is 17.8 Å². The summed E-state index contributed by atoms with van der Waals surface area (Å²) in [7, 11) is 0. The fraction of sp³-hybridized carbons (Fsp3) is 0.419. The fourth-order valence-electron chi connectivity index (χ4n) is 7.56. The zero-order chi connectivity index (χ0) is 24.7. The molecule has 3 aromatic rings. The average molecular weight is 491 g/mol. The highest BCUT2D eigenvalue weighted by Crippen LogP contribution is 2.51. The monoisotopic (exact) mass is 490 g/mol. The molecule has 4 fully saturated rings. The van der Waals surface area contributed by atoms with Crippen molar-refractivity contribution in [3.63, 3.8) is 0 Å². The van der Waals surface area contributed by atoms with Gasteiger partial charge < -0.3 is 5.32 Å². The average Bonchev–Trinajstić information content (AvgIpc) is 2.89. The number of nitrogens with one attached hydrogen (secondary N) is 1. The summed E-state index contributed by atoms with van der Waals surface area (Å²) in [6, 6.07) is 27.7. The van der Waals surface area contributed by atoms with Gasteiger partial charge in [0.15, 0.2) is 0 Å². The standard InChI is InChI=1S/C31H33F3N2/c32-31(33,34)26-17-8-7-14-23(26)18-35-29-27-24-15-9-16-25(27)20-36(19-24)30(29)28(21-10-3-1-4-11-21)22-12-5-2-6-13-22/h1-8,10-14,17,24-25,27-30,35H,9,15-16,18-20H2/t24-,25+,27?,29-,30-/m0/s1. The van der Waals surface area contributed by atoms with Crippen LogP contribution in [-0.4, -0.2) is 30.1 Å². The summed E-state index contributed by atoms with van der Waals surface area (Å²) in [5.74, 6) is 1.90. The van der Waals surface area contributed by atoms with Gasteiger partial charge in [0.2, 0.25) is 0 Å². The van der Waals surface area contributed by atoms with Crippen molar-refractivity contribution in [3.8, 4) is 0 Å². The van der Waals surface area contributed by atoms with Gasteiger partial charge in [-0.15, -0.1) is 0 Å². The number of rotatable bonds is 6. The molecule has 4 aliphatic rings. The number of fused-ring (bicyclic) bond motifs is 1. The molecular weight excluding hydrogens is 457 g/mol. The van der Waals surface area contributed by atoms with Crippen LogP contribution >= 0.6 is 0 Å². The van der Waals surface area contributed by atoms with Gasteiger partial charge in [-0.2, -0.15) is 13.2 Å². The molecule has 4 bridgehead atoms. The van der Waals surface area contributed by atoms with E-state index in [-0.39, 0.29) is 24.5 Å². The molecule has 7 rings (SSSR count). The first-order valence-electron chi connectivity index (χ1n) is 13.2. The maximum absolute atomic E-state index is 13.8. The Balaban J connectivity index is 1.39. The largest absolute Gasteiger partial charge is 0.416 e. The molecule has 1 saturated carbocycles. The van der Waals surface area contributed by atoms with E-state index in [9.17, 15) is 13.2 Å². The van der Waals surface area contributed by atoms with Gasteiger partial charge in [-0.25, -0.2) is 0 Å². The normalized spacial score (nSPS) is 29.4. The Morgan fingerprint density at radius 3 is 1.92 bits per heavy atom. The number of alkyl halides is 3. The Morgan fingerprint density at radius 2 is 1.33 bits per heavy atom. The molecule has 6 atom stereocenters. The Labute approximate surface area is 211 Å². The van der Waals surface area contributed by atoms with Crippen molar-refractivity contribution in [2.24, 2.45) is 17.8 Å². The number of nitrogens with zero attached hydrogens (tertiary/aromatic N) is 1. The summed E-state index contributed by atoms with van der Waals surface area (Å²) < 4.78 is 41.3. The minimum atomic E-state index is -4.35. The minimum Gasteiger partial charge on any atom is -0.308 e. The lowest BCUT2D eigenvalue weighted by Gasteiger charge is -2.62. The second kappa shape index (κ2) is 9.68. The summed E-state index contributed by atoms with van der Waals surface area (Å²) >= 11 is 0. The number of hydrogen-bond donors (Lipinski definition) is 1. The Kier molecular flexibility index (Phi) is 6.38. The van der Waals surface area contributed by atoms with Crippen molar-refractivity contribution in [1.82, 2.24) is 10.2 Å². The van der Waals surface area contributed by atoms with Crippen LogP contribution < -0.4 is 5.32 Å². The molecule has 1 aliphatic carbocycles. The molecule has 0 spiro atoms. The third-order valence-corrected chi connectivity index (χ3v) is 8.89. The van der Waals surface area contributed by atoms with E-state index in [0.29, 0.717) is 23.3 Å². The summed E-state index contributed by atoms with van der Waals surface area (Å²) in [4.78, 5) is 2.67. The van der Waals surface area contributed by atoms with Crippen LogP contribution in [0.25, 0.3) is 0 Å². The molecule has 2 nitrogen and oxygen atoms in total. The zero-order valence-electron chi connectivity index (χ0n) is 20.4. The van der Waals surface area contributed by atoms with E-state index >= 15 is 0 Å². The van der Waals surface area contributed by atoms with E-state index in [0.717, 1.165) is 13.1 Å². The minimum absolute atomic E-state index is 0.134. The van der Waals surface area contributed by atoms with Crippen LogP contribution in [-0.2, 0) is 12.7 Å². The molecule has 3 heterocycles. The van der Waals surface area contributed by atoms with Gasteiger partial charge in [0.05, 0.1) is 5.56 Å². The van der Waals surface area contributed by atoms with E-state index in [1.807, 2.05) is 12.1 Å². The van der Waals surface area contributed by atoms with Crippen LogP contribution in [0.3, 0.4) is 0 Å². The lowest BCUT2D eigenvalue weighted by molar-refractivity contribution is -0.138. The number of hydrogen-bond acceptors (Lipinski definition) is 2. The van der Waals surface area contributed by atoms with Crippen LogP contribution in [0.4, 0.5) is 13.2 Å². The third kappa shape index (κ3) is 4.37. The Hall–Kier alpha value is -2.63. The highest BCUT2D eigenvalue weighted by Gasteiger charge is 2.55. The Morgan fingerprint density at radius 1 is 0.778 bits per heavy atom. The van der Waals surface area contributed by atoms with Crippen molar-refractivity contribution < 1.29 is 13.2 Å². The summed E-state index contributed by atoms with van der Waals surface area (Å²) in [5, 5.41) is 3.74. The zero-order valence-corrected chi connectivity index (χ0v) is 20.4. The summed E-state index contributed by atoms with van der Waals surface area (Å²) in [6.07, 6.45) is -0.624. The van der Waals surface area contributed by atoms with Gasteiger partial charge in [-0.3, -0.25) is 4.90 Å². The molecule has 0 aromatic heterocycles. The molecule has 0 amide bonds. The SMILES string of the molecule is FC(F)(F)c1ccccc1CN[C@H]1C2[C@@H]3CCC[C@H]2CN(C3)[C@H]1C(c1ccccc1)c1ccccc1. The lowest BCUT2D eigenvalue weighted by Crippen LogP contribution is -2.71. The van der Waals surface area contributed by atoms with Crippen molar-refractivity contribution in [2.45, 2.75) is 50.0 Å². The van der Waals surface area contributed by atoms with Gasteiger partial charge in [-0.05, 0) is 53.4 Å². The van der Waals surface area contributed by atoms with Gasteiger partial charge in [0.1, 0.15) is 0 Å². The summed E-state index contributed by atoms with van der Waals surface area (Å²) in [6.45, 7) is 2.43. The van der Waals surface area contributed by atoms with Gasteiger partial charge in [0, 0.05) is 37.6 Å². The first-order valence-corrected chi connectivity index (χ1v) is 13.2. The van der Waals surface area contributed by atoms with E-state index < -0.39 is 11.7 Å². The molecule has 3 aliphatic heterocycles. The molecule has 5 heteroatoms. The molecule has 36 heavy (non-hydrogen) atoms. The molecule has 1 N–H and O–H groups in total. The third-order valence-electron chi connectivity index (χ3n) is 8.89. The van der Waals surface area contributed by atoms with E-state index in [2.05, 4.69) is 58.7 Å². The van der Waals surface area contributed by atoms with Crippen molar-refractivity contribution in [3.05, 3.63) is 107 Å². The van der Waals surface area contributed by atoms with E-state index in [4.69, 9.17) is 0 Å². The quantitative estimate of drug-likeness (QED) is 0.412. The highest BCUT2D eigenvalue weighted by molar-refractivity contribution is 5.37. The topological polar surface area (TPSA) is 15.3 Å². The van der Waals surface area contributed by atoms with Crippen molar-refractivity contribution >= 4 is 0 Å². The molecule has 3 aromatic carbocycles. The van der Waals surface area contributed by atoms with E-state index in [1.54, 1.807) is 12.1 Å². The molecule has 188 valence electrons. The van der Waals surface area contributed by atoms with Crippen LogP contribution in [0.2, 0.25) is 0 Å². The Bertz CT molecular complexity index is 1110. The second-order valence-corrected chi connectivity index (χ2v) is 10.8. The smallest absolute Gasteiger partial charge is 0.308 e. The van der Waals surface area contributed by atoms with Crippen LogP contribution in [0.5, 0.6) is 0 Å². The van der Waals surface area contributed by atoms with Gasteiger partial charge in [-0.1, -0.05) is 85.3 Å². The first kappa shape index (κ1) is 23.7. The molecule has 0 radical (unpaired) electrons. The number of benzene rings is 3. The van der Waals surface area contributed by atoms with Crippen LogP contribution in [0.1, 0.15) is 47.4 Å². The predicted molar refractivity (Wildman–Crippen MR) is 136 cm³/mol. The van der Waals surface area contributed by atoms with E-state index in [1.165, 1.54) is 42.5 Å². The fourth-order valence-corrected chi connectivity index (χ4v) is 7.56. The van der Waals surface area contributed by atoms with Crippen molar-refractivity contribution in [2.75, 3.05) is 13.1 Å². The number of halogens is 3. The molecular formula is C31H33F3N2. The predicted octanol–water partition coefficient (Wildman–Crippen LogP) is 6.73.